The van der Waals surface area contributed by atoms with Gasteiger partial charge in [-0.25, -0.2) is 4.79 Å². The van der Waals surface area contributed by atoms with Crippen molar-refractivity contribution in [2.24, 2.45) is 0 Å². The zero-order valence-electron chi connectivity index (χ0n) is 13.5. The molecular formula is C16H21ClN2O4. The summed E-state index contributed by atoms with van der Waals surface area (Å²) in [6.45, 7) is 3.74. The maximum atomic E-state index is 12.0. The van der Waals surface area contributed by atoms with E-state index in [0.29, 0.717) is 12.2 Å². The number of hydrogen-bond donors (Lipinski definition) is 1. The minimum atomic E-state index is -0.543. The van der Waals surface area contributed by atoms with Crippen LogP contribution in [0.5, 0.6) is 0 Å². The molecule has 0 aliphatic carbocycles. The predicted octanol–water partition coefficient (Wildman–Crippen LogP) is 2.40. The van der Waals surface area contributed by atoms with Crippen molar-refractivity contribution in [1.82, 2.24) is 5.32 Å². The number of unbranched alkanes of at least 4 members (excludes halogenated alkanes) is 1. The van der Waals surface area contributed by atoms with Gasteiger partial charge in [-0.2, -0.15) is 0 Å². The molecule has 0 saturated carbocycles. The largest absolute Gasteiger partial charge is 0.465 e. The van der Waals surface area contributed by atoms with Gasteiger partial charge in [0.05, 0.1) is 23.4 Å². The number of esters is 1. The monoisotopic (exact) mass is 340 g/mol. The summed E-state index contributed by atoms with van der Waals surface area (Å²) in [5, 5.41) is 3.01. The average Bonchev–Trinajstić information content (AvgIpc) is 2.52. The Labute approximate surface area is 140 Å². The molecule has 1 N–H and O–H groups in total. The van der Waals surface area contributed by atoms with E-state index >= 15 is 0 Å². The fraction of sp³-hybridized carbons (Fsp3) is 0.438. The van der Waals surface area contributed by atoms with E-state index in [4.69, 9.17) is 11.6 Å². The summed E-state index contributed by atoms with van der Waals surface area (Å²) in [5.41, 5.74) is 0.553. The molecule has 6 nitrogen and oxygen atoms in total. The minimum absolute atomic E-state index is 0.163. The second-order valence-corrected chi connectivity index (χ2v) is 5.37. The third-order valence-corrected chi connectivity index (χ3v) is 3.51. The van der Waals surface area contributed by atoms with Crippen LogP contribution < -0.4 is 10.2 Å². The number of amides is 2. The Kier molecular flexibility index (Phi) is 7.54. The summed E-state index contributed by atoms with van der Waals surface area (Å²) in [6, 6.07) is 4.43. The number of anilines is 1. The van der Waals surface area contributed by atoms with Crippen LogP contribution in [0.2, 0.25) is 5.02 Å². The normalized spacial score (nSPS) is 10.1. The van der Waals surface area contributed by atoms with Crippen molar-refractivity contribution in [1.29, 1.82) is 0 Å². The molecule has 0 bridgehead atoms. The highest BCUT2D eigenvalue weighted by molar-refractivity contribution is 6.34. The van der Waals surface area contributed by atoms with E-state index in [1.807, 2.05) is 6.92 Å². The van der Waals surface area contributed by atoms with Gasteiger partial charge in [-0.1, -0.05) is 24.9 Å². The first kappa shape index (κ1) is 19.0. The van der Waals surface area contributed by atoms with Crippen molar-refractivity contribution in [3.63, 3.8) is 0 Å². The van der Waals surface area contributed by atoms with Gasteiger partial charge in [0.15, 0.2) is 0 Å². The molecule has 1 rings (SSSR count). The van der Waals surface area contributed by atoms with E-state index in [0.717, 1.165) is 12.8 Å². The Balaban J connectivity index is 2.99. The first-order valence-corrected chi connectivity index (χ1v) is 7.71. The molecule has 23 heavy (non-hydrogen) atoms. The van der Waals surface area contributed by atoms with Gasteiger partial charge in [-0.05, 0) is 24.6 Å². The summed E-state index contributed by atoms with van der Waals surface area (Å²) >= 11 is 6.12. The lowest BCUT2D eigenvalue weighted by molar-refractivity contribution is -0.123. The van der Waals surface area contributed by atoms with E-state index in [1.54, 1.807) is 0 Å². The lowest BCUT2D eigenvalue weighted by Gasteiger charge is -2.22. The van der Waals surface area contributed by atoms with E-state index in [2.05, 4.69) is 10.1 Å². The van der Waals surface area contributed by atoms with E-state index < -0.39 is 5.97 Å². The Hall–Kier alpha value is -2.08. The van der Waals surface area contributed by atoms with Crippen LogP contribution in [0.3, 0.4) is 0 Å². The van der Waals surface area contributed by atoms with Crippen LogP contribution in [0.15, 0.2) is 18.2 Å². The van der Waals surface area contributed by atoms with Crippen LogP contribution in [0.25, 0.3) is 0 Å². The fourth-order valence-electron chi connectivity index (χ4n) is 1.93. The first-order valence-electron chi connectivity index (χ1n) is 7.33. The highest BCUT2D eigenvalue weighted by Crippen LogP contribution is 2.27. The Morgan fingerprint density at radius 1 is 1.30 bits per heavy atom. The molecule has 2 amide bonds. The molecule has 0 spiro atoms. The molecule has 1 aromatic carbocycles. The molecule has 7 heteroatoms. The SMILES string of the molecule is CCCCNC(=O)CN(C(C)=O)c1cc(C(=O)OC)ccc1Cl. The van der Waals surface area contributed by atoms with Crippen molar-refractivity contribution in [3.05, 3.63) is 28.8 Å². The summed E-state index contributed by atoms with van der Waals surface area (Å²) in [4.78, 5) is 36.7. The van der Waals surface area contributed by atoms with E-state index in [-0.39, 0.29) is 28.9 Å². The second-order valence-electron chi connectivity index (χ2n) is 4.97. The van der Waals surface area contributed by atoms with Gasteiger partial charge in [0.1, 0.15) is 6.54 Å². The first-order chi connectivity index (χ1) is 10.9. The Bertz CT molecular complexity index is 589. The number of methoxy groups -OCH3 is 1. The quantitative estimate of drug-likeness (QED) is 0.611. The van der Waals surface area contributed by atoms with Crippen LogP contribution in [0.1, 0.15) is 37.0 Å². The van der Waals surface area contributed by atoms with E-state index in [1.165, 1.54) is 37.1 Å². The number of halogens is 1. The fourth-order valence-corrected chi connectivity index (χ4v) is 2.15. The lowest BCUT2D eigenvalue weighted by atomic mass is 10.2. The molecule has 0 unspecified atom stereocenters. The van der Waals surface area contributed by atoms with Crippen molar-refractivity contribution in [3.8, 4) is 0 Å². The smallest absolute Gasteiger partial charge is 0.337 e. The van der Waals surface area contributed by atoms with Crippen LogP contribution in [0.4, 0.5) is 5.69 Å². The maximum absolute atomic E-state index is 12.0. The van der Waals surface area contributed by atoms with Crippen LogP contribution in [-0.2, 0) is 14.3 Å². The highest BCUT2D eigenvalue weighted by Gasteiger charge is 2.20. The highest BCUT2D eigenvalue weighted by atomic mass is 35.5. The molecule has 126 valence electrons. The topological polar surface area (TPSA) is 75.7 Å². The van der Waals surface area contributed by atoms with Gasteiger partial charge < -0.3 is 15.0 Å². The number of nitrogens with one attached hydrogen (secondary N) is 1. The molecule has 0 radical (unpaired) electrons. The maximum Gasteiger partial charge on any atom is 0.337 e. The van der Waals surface area contributed by atoms with Gasteiger partial charge in [-0.3, -0.25) is 9.59 Å². The number of ether oxygens (including phenoxy) is 1. The van der Waals surface area contributed by atoms with Gasteiger partial charge in [0.25, 0.3) is 0 Å². The third-order valence-electron chi connectivity index (χ3n) is 3.19. The summed E-state index contributed by atoms with van der Waals surface area (Å²) in [6.07, 6.45) is 1.83. The average molecular weight is 341 g/mol. The number of carbonyl (C=O) groups is 3. The van der Waals surface area contributed by atoms with Crippen LogP contribution in [-0.4, -0.2) is 38.0 Å². The van der Waals surface area contributed by atoms with Crippen molar-refractivity contribution in [2.45, 2.75) is 26.7 Å². The molecular weight excluding hydrogens is 320 g/mol. The van der Waals surface area contributed by atoms with Crippen molar-refractivity contribution in [2.75, 3.05) is 25.1 Å². The zero-order chi connectivity index (χ0) is 17.4. The summed E-state index contributed by atoms with van der Waals surface area (Å²) in [5.74, 6) is -1.17. The van der Waals surface area contributed by atoms with Crippen LogP contribution in [0, 0.1) is 0 Å². The zero-order valence-corrected chi connectivity index (χ0v) is 14.3. The van der Waals surface area contributed by atoms with Gasteiger partial charge in [0, 0.05) is 13.5 Å². The predicted molar refractivity (Wildman–Crippen MR) is 88.7 cm³/mol. The Morgan fingerprint density at radius 3 is 2.57 bits per heavy atom. The third kappa shape index (κ3) is 5.56. The van der Waals surface area contributed by atoms with Gasteiger partial charge in [0.2, 0.25) is 11.8 Å². The van der Waals surface area contributed by atoms with Gasteiger partial charge >= 0.3 is 5.97 Å². The number of rotatable bonds is 7. The molecule has 0 aliphatic heterocycles. The summed E-state index contributed by atoms with van der Waals surface area (Å²) < 4.78 is 4.65. The molecule has 0 aromatic heterocycles. The molecule has 0 fully saturated rings. The Morgan fingerprint density at radius 2 is 2.00 bits per heavy atom. The number of hydrogen-bond acceptors (Lipinski definition) is 4. The molecule has 0 aliphatic rings. The second kappa shape index (κ2) is 9.15. The number of nitrogens with zero attached hydrogens (tertiary/aromatic N) is 1. The van der Waals surface area contributed by atoms with Gasteiger partial charge in [-0.15, -0.1) is 0 Å². The summed E-state index contributed by atoms with van der Waals surface area (Å²) in [7, 11) is 1.26. The minimum Gasteiger partial charge on any atom is -0.465 e. The molecule has 1 aromatic rings. The van der Waals surface area contributed by atoms with Crippen LogP contribution >= 0.6 is 11.6 Å². The molecule has 0 saturated heterocycles. The van der Waals surface area contributed by atoms with E-state index in [9.17, 15) is 14.4 Å². The number of carbonyl (C=O) groups excluding carboxylic acids is 3. The number of benzene rings is 1. The molecule has 0 heterocycles. The molecule has 0 atom stereocenters. The lowest BCUT2D eigenvalue weighted by Crippen LogP contribution is -2.40. The van der Waals surface area contributed by atoms with Crippen molar-refractivity contribution < 1.29 is 19.1 Å². The van der Waals surface area contributed by atoms with Crippen molar-refractivity contribution >= 4 is 35.1 Å². The standard InChI is InChI=1S/C16H21ClN2O4/c1-4-5-8-18-15(21)10-19(11(2)20)14-9-12(16(22)23-3)6-7-13(14)17/h6-7,9H,4-5,8,10H2,1-3H3,(H,18,21).